The van der Waals surface area contributed by atoms with Crippen molar-refractivity contribution in [3.05, 3.63) is 33.8 Å². The van der Waals surface area contributed by atoms with Gasteiger partial charge in [0.2, 0.25) is 0 Å². The van der Waals surface area contributed by atoms with Crippen molar-refractivity contribution in [2.45, 2.75) is 12.8 Å². The van der Waals surface area contributed by atoms with Crippen LogP contribution < -0.4 is 5.32 Å². The lowest BCUT2D eigenvalue weighted by Crippen LogP contribution is -2.33. The SMILES string of the molecule is O=C(Cc1c(F)ccc(Br)c1F)CN1CCCNCC1. The molecule has 1 aliphatic rings. The molecule has 0 saturated carbocycles. The van der Waals surface area contributed by atoms with Crippen molar-refractivity contribution in [2.24, 2.45) is 0 Å². The van der Waals surface area contributed by atoms with E-state index in [1.54, 1.807) is 0 Å². The third-order valence-electron chi connectivity index (χ3n) is 3.35. The first-order valence-corrected chi connectivity index (χ1v) is 7.44. The number of benzene rings is 1. The minimum atomic E-state index is -0.684. The van der Waals surface area contributed by atoms with E-state index in [4.69, 9.17) is 0 Å². The van der Waals surface area contributed by atoms with E-state index in [2.05, 4.69) is 21.2 Å². The fourth-order valence-electron chi connectivity index (χ4n) is 2.29. The number of ketones is 1. The number of carbonyl (C=O) groups excluding carboxylic acids is 1. The molecule has 0 aliphatic carbocycles. The minimum Gasteiger partial charge on any atom is -0.315 e. The number of hydrogen-bond donors (Lipinski definition) is 1. The van der Waals surface area contributed by atoms with Crippen molar-refractivity contribution in [1.82, 2.24) is 10.2 Å². The summed E-state index contributed by atoms with van der Waals surface area (Å²) >= 11 is 3.01. The van der Waals surface area contributed by atoms with Gasteiger partial charge in [-0.2, -0.15) is 0 Å². The number of hydrogen-bond acceptors (Lipinski definition) is 3. The van der Waals surface area contributed by atoms with Gasteiger partial charge in [-0.15, -0.1) is 0 Å². The Morgan fingerprint density at radius 2 is 2.10 bits per heavy atom. The summed E-state index contributed by atoms with van der Waals surface area (Å²) in [7, 11) is 0. The van der Waals surface area contributed by atoms with Crippen molar-refractivity contribution in [1.29, 1.82) is 0 Å². The lowest BCUT2D eigenvalue weighted by molar-refractivity contribution is -0.119. The van der Waals surface area contributed by atoms with Gasteiger partial charge in [-0.3, -0.25) is 9.69 Å². The highest BCUT2D eigenvalue weighted by Gasteiger charge is 2.18. The molecule has 1 aromatic carbocycles. The van der Waals surface area contributed by atoms with Crippen molar-refractivity contribution < 1.29 is 13.6 Å². The summed E-state index contributed by atoms with van der Waals surface area (Å²) in [4.78, 5) is 14.0. The van der Waals surface area contributed by atoms with Crippen LogP contribution in [0.15, 0.2) is 16.6 Å². The van der Waals surface area contributed by atoms with Gasteiger partial charge in [-0.1, -0.05) is 0 Å². The van der Waals surface area contributed by atoms with E-state index < -0.39 is 11.6 Å². The highest BCUT2D eigenvalue weighted by Crippen LogP contribution is 2.22. The second-order valence-corrected chi connectivity index (χ2v) is 5.77. The summed E-state index contributed by atoms with van der Waals surface area (Å²) in [6, 6.07) is 2.48. The molecule has 1 aliphatic heterocycles. The number of carbonyl (C=O) groups is 1. The largest absolute Gasteiger partial charge is 0.315 e. The van der Waals surface area contributed by atoms with Crippen LogP contribution in [0.1, 0.15) is 12.0 Å². The predicted molar refractivity (Wildman–Crippen MR) is 76.7 cm³/mol. The summed E-state index contributed by atoms with van der Waals surface area (Å²) in [6.07, 6.45) is 0.772. The first-order chi connectivity index (χ1) is 9.58. The Morgan fingerprint density at radius 1 is 1.30 bits per heavy atom. The van der Waals surface area contributed by atoms with Gasteiger partial charge in [0.25, 0.3) is 0 Å². The summed E-state index contributed by atoms with van der Waals surface area (Å²) in [6.45, 7) is 3.65. The van der Waals surface area contributed by atoms with E-state index in [0.29, 0.717) is 0 Å². The maximum absolute atomic E-state index is 13.8. The van der Waals surface area contributed by atoms with Gasteiger partial charge >= 0.3 is 0 Å². The fourth-order valence-corrected chi connectivity index (χ4v) is 2.66. The predicted octanol–water partition coefficient (Wildman–Crippen LogP) is 2.13. The lowest BCUT2D eigenvalue weighted by atomic mass is 10.1. The average Bonchev–Trinajstić information content (AvgIpc) is 2.68. The van der Waals surface area contributed by atoms with Crippen LogP contribution in [0.4, 0.5) is 8.78 Å². The molecule has 110 valence electrons. The van der Waals surface area contributed by atoms with Gasteiger partial charge in [0, 0.05) is 25.1 Å². The molecule has 6 heteroatoms. The van der Waals surface area contributed by atoms with Crippen molar-refractivity contribution in [3.63, 3.8) is 0 Å². The van der Waals surface area contributed by atoms with E-state index in [0.717, 1.165) is 32.6 Å². The summed E-state index contributed by atoms with van der Waals surface area (Å²) in [5.41, 5.74) is -0.155. The number of halogens is 3. The molecule has 1 heterocycles. The van der Waals surface area contributed by atoms with E-state index in [9.17, 15) is 13.6 Å². The molecule has 0 radical (unpaired) electrons. The van der Waals surface area contributed by atoms with Crippen molar-refractivity contribution >= 4 is 21.7 Å². The van der Waals surface area contributed by atoms with Gasteiger partial charge in [0.15, 0.2) is 5.78 Å². The van der Waals surface area contributed by atoms with E-state index in [1.165, 1.54) is 12.1 Å². The maximum Gasteiger partial charge on any atom is 0.151 e. The van der Waals surface area contributed by atoms with Gasteiger partial charge in [-0.05, 0) is 47.6 Å². The Hall–Kier alpha value is -0.850. The van der Waals surface area contributed by atoms with Crippen LogP contribution in [0.3, 0.4) is 0 Å². The Morgan fingerprint density at radius 3 is 2.90 bits per heavy atom. The first kappa shape index (κ1) is 15.5. The second kappa shape index (κ2) is 7.24. The third-order valence-corrected chi connectivity index (χ3v) is 3.96. The van der Waals surface area contributed by atoms with Crippen LogP contribution in [-0.4, -0.2) is 43.4 Å². The Kier molecular flexibility index (Phi) is 5.63. The highest BCUT2D eigenvalue weighted by atomic mass is 79.9. The molecule has 2 rings (SSSR count). The Balaban J connectivity index is 1.99. The first-order valence-electron chi connectivity index (χ1n) is 6.65. The molecule has 0 bridgehead atoms. The second-order valence-electron chi connectivity index (χ2n) is 4.92. The molecule has 0 atom stereocenters. The molecule has 1 N–H and O–H groups in total. The maximum atomic E-state index is 13.8. The molecule has 0 amide bonds. The zero-order valence-electron chi connectivity index (χ0n) is 11.1. The zero-order chi connectivity index (χ0) is 14.5. The smallest absolute Gasteiger partial charge is 0.151 e. The van der Waals surface area contributed by atoms with E-state index in [-0.39, 0.29) is 28.8 Å². The highest BCUT2D eigenvalue weighted by molar-refractivity contribution is 9.10. The van der Waals surface area contributed by atoms with Gasteiger partial charge in [0.1, 0.15) is 11.6 Å². The quantitative estimate of drug-likeness (QED) is 0.847. The Bertz CT molecular complexity index is 488. The molecule has 1 aromatic rings. The van der Waals surface area contributed by atoms with Crippen LogP contribution in [0.25, 0.3) is 0 Å². The number of nitrogens with zero attached hydrogens (tertiary/aromatic N) is 1. The van der Waals surface area contributed by atoms with Gasteiger partial charge in [0.05, 0.1) is 11.0 Å². The third kappa shape index (κ3) is 4.07. The fraction of sp³-hybridized carbons (Fsp3) is 0.500. The van der Waals surface area contributed by atoms with Crippen LogP contribution >= 0.6 is 15.9 Å². The molecule has 0 spiro atoms. The van der Waals surface area contributed by atoms with Crippen LogP contribution in [-0.2, 0) is 11.2 Å². The topological polar surface area (TPSA) is 32.3 Å². The van der Waals surface area contributed by atoms with Crippen molar-refractivity contribution in [2.75, 3.05) is 32.7 Å². The molecule has 1 saturated heterocycles. The number of Topliss-reactive ketones (excluding diaryl/α,β-unsaturated/α-hetero) is 1. The number of nitrogens with one attached hydrogen (secondary N) is 1. The lowest BCUT2D eigenvalue weighted by Gasteiger charge is -2.18. The Labute approximate surface area is 125 Å². The standard InChI is InChI=1S/C14H17BrF2N2O/c15-12-2-3-13(16)11(14(12)17)8-10(20)9-19-6-1-4-18-5-7-19/h2-3,18H,1,4-9H2. The van der Waals surface area contributed by atoms with Crippen LogP contribution in [0.2, 0.25) is 0 Å². The molecular formula is C14H17BrF2N2O. The van der Waals surface area contributed by atoms with E-state index in [1.807, 2.05) is 4.90 Å². The van der Waals surface area contributed by atoms with Gasteiger partial charge in [-0.25, -0.2) is 8.78 Å². The normalized spacial score (nSPS) is 16.9. The average molecular weight is 347 g/mol. The van der Waals surface area contributed by atoms with Crippen LogP contribution in [0.5, 0.6) is 0 Å². The van der Waals surface area contributed by atoms with Crippen molar-refractivity contribution in [3.8, 4) is 0 Å². The summed E-state index contributed by atoms with van der Waals surface area (Å²) < 4.78 is 27.6. The zero-order valence-corrected chi connectivity index (χ0v) is 12.7. The minimum absolute atomic E-state index is 0.155. The summed E-state index contributed by atoms with van der Waals surface area (Å²) in [5.74, 6) is -1.52. The summed E-state index contributed by atoms with van der Waals surface area (Å²) in [5, 5.41) is 3.25. The molecule has 0 unspecified atom stereocenters. The molecular weight excluding hydrogens is 330 g/mol. The monoisotopic (exact) mass is 346 g/mol. The number of rotatable bonds is 4. The van der Waals surface area contributed by atoms with Crippen LogP contribution in [0, 0.1) is 11.6 Å². The van der Waals surface area contributed by atoms with Gasteiger partial charge < -0.3 is 5.32 Å². The molecule has 3 nitrogen and oxygen atoms in total. The molecule has 0 aromatic heterocycles. The molecule has 20 heavy (non-hydrogen) atoms. The van der Waals surface area contributed by atoms with E-state index >= 15 is 0 Å². The molecule has 1 fully saturated rings.